The first-order valence-corrected chi connectivity index (χ1v) is 10.7. The molecule has 0 atom stereocenters. The number of rotatable bonds is 4. The number of thioether (sulfide) groups is 1. The summed E-state index contributed by atoms with van der Waals surface area (Å²) in [5.41, 5.74) is 9.58. The Balaban J connectivity index is 2.00. The van der Waals surface area contributed by atoms with E-state index in [2.05, 4.69) is 37.7 Å². The second-order valence-electron chi connectivity index (χ2n) is 7.73. The minimum absolute atomic E-state index is 0.198. The lowest BCUT2D eigenvalue weighted by atomic mass is 9.87. The summed E-state index contributed by atoms with van der Waals surface area (Å²) in [6, 6.07) is 0. The maximum atomic E-state index is 11.2. The number of hydrogen-bond acceptors (Lipinski definition) is 7. The lowest BCUT2D eigenvalue weighted by Crippen LogP contribution is -2.32. The molecule has 0 aromatic carbocycles. The average Bonchev–Trinajstić information content (AvgIpc) is 2.97. The van der Waals surface area contributed by atoms with E-state index >= 15 is 0 Å². The third-order valence-corrected chi connectivity index (χ3v) is 6.95. The molecule has 0 radical (unpaired) electrons. The second-order valence-corrected chi connectivity index (χ2v) is 9.69. The molecule has 2 N–H and O–H groups in total. The lowest BCUT2D eigenvalue weighted by molar-refractivity contribution is -0.115. The summed E-state index contributed by atoms with van der Waals surface area (Å²) in [7, 11) is 0. The Kier molecular flexibility index (Phi) is 4.60. The first-order chi connectivity index (χ1) is 12.8. The largest absolute Gasteiger partial charge is 0.370 e. The molecule has 0 saturated carbocycles. The van der Waals surface area contributed by atoms with E-state index < -0.39 is 0 Å². The Labute approximate surface area is 165 Å². The van der Waals surface area contributed by atoms with Gasteiger partial charge in [0.25, 0.3) is 0 Å². The van der Waals surface area contributed by atoms with Gasteiger partial charge < -0.3 is 10.5 Å². The molecule has 0 bridgehead atoms. The van der Waals surface area contributed by atoms with Crippen LogP contribution in [0.3, 0.4) is 0 Å². The van der Waals surface area contributed by atoms with Crippen LogP contribution < -0.4 is 5.73 Å². The molecule has 6 nitrogen and oxygen atoms in total. The van der Waals surface area contributed by atoms with Crippen molar-refractivity contribution in [3.8, 4) is 0 Å². The van der Waals surface area contributed by atoms with E-state index in [1.165, 1.54) is 22.9 Å². The number of fused-ring (bicyclic) bond motifs is 5. The molecule has 0 saturated heterocycles. The van der Waals surface area contributed by atoms with E-state index in [4.69, 9.17) is 15.5 Å². The Morgan fingerprint density at radius 3 is 2.85 bits per heavy atom. The van der Waals surface area contributed by atoms with Crippen molar-refractivity contribution >= 4 is 49.4 Å². The van der Waals surface area contributed by atoms with Crippen LogP contribution in [0.5, 0.6) is 0 Å². The molecule has 1 aliphatic heterocycles. The van der Waals surface area contributed by atoms with Crippen LogP contribution in [0.15, 0.2) is 11.4 Å². The number of primary amides is 1. The molecule has 27 heavy (non-hydrogen) atoms. The predicted octanol–water partition coefficient (Wildman–Crippen LogP) is 3.79. The Hall–Kier alpha value is -1.77. The van der Waals surface area contributed by atoms with Crippen molar-refractivity contribution in [3.63, 3.8) is 0 Å². The monoisotopic (exact) mass is 402 g/mol. The molecule has 8 heteroatoms. The van der Waals surface area contributed by atoms with Crippen molar-refractivity contribution in [1.29, 1.82) is 0 Å². The highest BCUT2D eigenvalue weighted by atomic mass is 32.2. The highest BCUT2D eigenvalue weighted by Crippen LogP contribution is 2.43. The van der Waals surface area contributed by atoms with Crippen LogP contribution in [-0.2, 0) is 22.6 Å². The van der Waals surface area contributed by atoms with E-state index in [9.17, 15) is 4.79 Å². The summed E-state index contributed by atoms with van der Waals surface area (Å²) in [5, 5.41) is 1.89. The normalized spacial score (nSPS) is 16.2. The summed E-state index contributed by atoms with van der Waals surface area (Å²) in [4.78, 5) is 26.1. The molecular formula is C19H22N4O2S2. The zero-order chi connectivity index (χ0) is 19.3. The number of carbonyl (C=O) groups is 1. The van der Waals surface area contributed by atoms with Gasteiger partial charge in [0.15, 0.2) is 0 Å². The molecule has 1 aliphatic rings. The van der Waals surface area contributed by atoms with Crippen molar-refractivity contribution in [2.45, 2.75) is 57.3 Å². The molecule has 0 unspecified atom stereocenters. The minimum Gasteiger partial charge on any atom is -0.370 e. The summed E-state index contributed by atoms with van der Waals surface area (Å²) in [5.74, 6) is 0.154. The molecule has 4 rings (SSSR count). The van der Waals surface area contributed by atoms with Crippen LogP contribution in [0, 0.1) is 0 Å². The number of pyridine rings is 1. The fourth-order valence-electron chi connectivity index (χ4n) is 3.53. The van der Waals surface area contributed by atoms with Gasteiger partial charge in [-0.05, 0) is 25.3 Å². The molecule has 0 aliphatic carbocycles. The van der Waals surface area contributed by atoms with E-state index in [0.29, 0.717) is 12.5 Å². The second kappa shape index (κ2) is 6.68. The smallest absolute Gasteiger partial charge is 0.227 e. The quantitative estimate of drug-likeness (QED) is 0.527. The first kappa shape index (κ1) is 18.6. The van der Waals surface area contributed by atoms with Crippen molar-refractivity contribution in [2.24, 2.45) is 5.73 Å². The number of amides is 1. The molecule has 142 valence electrons. The number of carbonyl (C=O) groups excluding carboxylic acids is 1. The number of nitrogens with two attached hydrogens (primary N) is 1. The Morgan fingerprint density at radius 1 is 1.37 bits per heavy atom. The van der Waals surface area contributed by atoms with Crippen LogP contribution in [0.25, 0.3) is 20.4 Å². The summed E-state index contributed by atoms with van der Waals surface area (Å²) >= 11 is 2.95. The van der Waals surface area contributed by atoms with Crippen LogP contribution in [-0.4, -0.2) is 32.2 Å². The SMILES string of the molecule is CC(C)c1nc2sc3c(SCC(N)=O)ncnc3c2c2c1COC(C)(C)C2. The topological polar surface area (TPSA) is 91.0 Å². The third-order valence-electron chi connectivity index (χ3n) is 4.73. The van der Waals surface area contributed by atoms with Gasteiger partial charge >= 0.3 is 0 Å². The number of ether oxygens (including phenoxy) is 1. The van der Waals surface area contributed by atoms with E-state index in [1.807, 2.05) is 0 Å². The Morgan fingerprint density at radius 2 is 2.15 bits per heavy atom. The molecule has 4 heterocycles. The van der Waals surface area contributed by atoms with Gasteiger partial charge in [-0.2, -0.15) is 0 Å². The van der Waals surface area contributed by atoms with Gasteiger partial charge in [-0.25, -0.2) is 15.0 Å². The molecule has 0 spiro atoms. The zero-order valence-corrected chi connectivity index (χ0v) is 17.5. The first-order valence-electron chi connectivity index (χ1n) is 8.91. The van der Waals surface area contributed by atoms with Gasteiger partial charge in [0, 0.05) is 17.4 Å². The summed E-state index contributed by atoms with van der Waals surface area (Å²) in [6.07, 6.45) is 2.38. The van der Waals surface area contributed by atoms with Crippen LogP contribution >= 0.6 is 23.1 Å². The molecule has 3 aromatic rings. The number of thiophene rings is 1. The van der Waals surface area contributed by atoms with Gasteiger partial charge in [0.2, 0.25) is 5.91 Å². The highest BCUT2D eigenvalue weighted by Gasteiger charge is 2.32. The molecule has 0 fully saturated rings. The van der Waals surface area contributed by atoms with Crippen LogP contribution in [0.4, 0.5) is 0 Å². The summed E-state index contributed by atoms with van der Waals surface area (Å²) < 4.78 is 7.05. The van der Waals surface area contributed by atoms with Crippen molar-refractivity contribution < 1.29 is 9.53 Å². The fraction of sp³-hybridized carbons (Fsp3) is 0.474. The van der Waals surface area contributed by atoms with Crippen LogP contribution in [0.2, 0.25) is 0 Å². The van der Waals surface area contributed by atoms with Crippen LogP contribution in [0.1, 0.15) is 50.4 Å². The number of aromatic nitrogens is 3. The van der Waals surface area contributed by atoms with Crippen molar-refractivity contribution in [2.75, 3.05) is 5.75 Å². The number of hydrogen-bond donors (Lipinski definition) is 1. The maximum absolute atomic E-state index is 11.2. The van der Waals surface area contributed by atoms with Gasteiger partial charge in [-0.15, -0.1) is 11.3 Å². The fourth-order valence-corrected chi connectivity index (χ4v) is 5.51. The van der Waals surface area contributed by atoms with E-state index in [1.54, 1.807) is 17.7 Å². The third kappa shape index (κ3) is 3.30. The molecule has 1 amide bonds. The van der Waals surface area contributed by atoms with Gasteiger partial charge in [0.05, 0.1) is 33.9 Å². The molecule has 3 aromatic heterocycles. The van der Waals surface area contributed by atoms with Crippen molar-refractivity contribution in [3.05, 3.63) is 23.1 Å². The average molecular weight is 403 g/mol. The van der Waals surface area contributed by atoms with Gasteiger partial charge in [-0.3, -0.25) is 4.79 Å². The minimum atomic E-state index is -0.357. The summed E-state index contributed by atoms with van der Waals surface area (Å²) in [6.45, 7) is 9.14. The predicted molar refractivity (Wildman–Crippen MR) is 109 cm³/mol. The number of nitrogens with zero attached hydrogens (tertiary/aromatic N) is 3. The standard InChI is InChI=1S/C19H22N4O2S2/c1-9(2)14-11-6-25-19(3,4)5-10(11)13-15-16(27-17(13)23-14)18(22-8-21-15)26-7-12(20)24/h8-9H,5-7H2,1-4H3,(H2,20,24). The van der Waals surface area contributed by atoms with E-state index in [0.717, 1.165) is 37.6 Å². The molecular weight excluding hydrogens is 380 g/mol. The Bertz CT molecular complexity index is 1060. The van der Waals surface area contributed by atoms with Gasteiger partial charge in [0.1, 0.15) is 16.2 Å². The maximum Gasteiger partial charge on any atom is 0.227 e. The zero-order valence-electron chi connectivity index (χ0n) is 15.8. The van der Waals surface area contributed by atoms with Gasteiger partial charge in [-0.1, -0.05) is 25.6 Å². The van der Waals surface area contributed by atoms with Crippen molar-refractivity contribution in [1.82, 2.24) is 15.0 Å². The van der Waals surface area contributed by atoms with E-state index in [-0.39, 0.29) is 17.3 Å². The lowest BCUT2D eigenvalue weighted by Gasteiger charge is -2.33. The highest BCUT2D eigenvalue weighted by molar-refractivity contribution is 8.00.